The number of carboxylic acid groups (broad SMARTS) is 1. The number of carbonyl (C=O) groups is 1. The van der Waals surface area contributed by atoms with Crippen LogP contribution in [0.15, 0.2) is 36.0 Å². The highest BCUT2D eigenvalue weighted by molar-refractivity contribution is 5.91. The summed E-state index contributed by atoms with van der Waals surface area (Å²) in [5, 5.41) is 17.1. The van der Waals surface area contributed by atoms with Gasteiger partial charge in [0.25, 0.3) is 0 Å². The summed E-state index contributed by atoms with van der Waals surface area (Å²) in [6, 6.07) is 1.62. The molecule has 0 aromatic carbocycles. The monoisotopic (exact) mass is 247 g/mol. The molecule has 18 heavy (non-hydrogen) atoms. The van der Waals surface area contributed by atoms with Gasteiger partial charge in [-0.25, -0.2) is 4.79 Å². The van der Waals surface area contributed by atoms with Crippen molar-refractivity contribution in [3.63, 3.8) is 0 Å². The number of unbranched alkanes of at least 4 members (excludes halogenated alkanes) is 5. The van der Waals surface area contributed by atoms with Crippen LogP contribution >= 0.6 is 0 Å². The van der Waals surface area contributed by atoms with Gasteiger partial charge in [0.05, 0.1) is 0 Å². The van der Waals surface area contributed by atoms with Gasteiger partial charge >= 0.3 is 5.97 Å². The van der Waals surface area contributed by atoms with Crippen molar-refractivity contribution in [2.24, 2.45) is 0 Å². The molecule has 0 aromatic rings. The van der Waals surface area contributed by atoms with Gasteiger partial charge in [0, 0.05) is 0 Å². The van der Waals surface area contributed by atoms with E-state index in [4.69, 9.17) is 10.4 Å². The van der Waals surface area contributed by atoms with Crippen LogP contribution in [0.1, 0.15) is 45.4 Å². The number of hydrogen-bond acceptors (Lipinski definition) is 2. The van der Waals surface area contributed by atoms with Gasteiger partial charge < -0.3 is 5.11 Å². The van der Waals surface area contributed by atoms with Gasteiger partial charge in [0.15, 0.2) is 0 Å². The van der Waals surface area contributed by atoms with Gasteiger partial charge in [-0.1, -0.05) is 56.9 Å². The minimum Gasteiger partial charge on any atom is -0.477 e. The molecule has 98 valence electrons. The average Bonchev–Trinajstić information content (AvgIpc) is 2.35. The zero-order chi connectivity index (χ0) is 13.6. The topological polar surface area (TPSA) is 61.1 Å². The highest BCUT2D eigenvalue weighted by atomic mass is 16.4. The molecule has 0 bridgehead atoms. The van der Waals surface area contributed by atoms with E-state index in [1.807, 2.05) is 6.08 Å². The number of allylic oxidation sites excluding steroid dienone is 5. The second-order valence-electron chi connectivity index (χ2n) is 4.01. The molecule has 0 aromatic heterocycles. The van der Waals surface area contributed by atoms with Gasteiger partial charge in [0.1, 0.15) is 11.6 Å². The Balaban J connectivity index is 3.76. The van der Waals surface area contributed by atoms with E-state index in [2.05, 4.69) is 13.0 Å². The zero-order valence-corrected chi connectivity index (χ0v) is 10.9. The zero-order valence-electron chi connectivity index (χ0n) is 10.9. The molecule has 0 aliphatic carbocycles. The standard InChI is InChI=1S/C15H21NO2/c1-2-3-4-5-6-7-8-9-10-11-12-14(13-16)15(17)18/h8-12H,2-7H2,1H3,(H,17,18)/b9-8+,11-10+,14-12+. The molecule has 0 aliphatic heterocycles. The molecule has 0 rings (SSSR count). The molecule has 0 heterocycles. The summed E-state index contributed by atoms with van der Waals surface area (Å²) in [5.41, 5.74) is -0.251. The van der Waals surface area contributed by atoms with E-state index < -0.39 is 5.97 Å². The number of hydrogen-bond donors (Lipinski definition) is 1. The van der Waals surface area contributed by atoms with Gasteiger partial charge in [0.2, 0.25) is 0 Å². The van der Waals surface area contributed by atoms with Crippen molar-refractivity contribution >= 4 is 5.97 Å². The van der Waals surface area contributed by atoms with Crippen molar-refractivity contribution in [1.29, 1.82) is 5.26 Å². The average molecular weight is 247 g/mol. The Morgan fingerprint density at radius 1 is 1.17 bits per heavy atom. The first-order valence-corrected chi connectivity index (χ1v) is 6.39. The normalized spacial score (nSPS) is 12.1. The molecule has 0 fully saturated rings. The van der Waals surface area contributed by atoms with Crippen LogP contribution in [0.3, 0.4) is 0 Å². The Morgan fingerprint density at radius 2 is 1.89 bits per heavy atom. The van der Waals surface area contributed by atoms with E-state index in [-0.39, 0.29) is 5.57 Å². The molecule has 0 saturated heterocycles. The first kappa shape index (κ1) is 16.2. The maximum atomic E-state index is 10.5. The molecule has 3 nitrogen and oxygen atoms in total. The van der Waals surface area contributed by atoms with Gasteiger partial charge in [-0.3, -0.25) is 0 Å². The molecule has 0 aliphatic rings. The Morgan fingerprint density at radius 3 is 2.50 bits per heavy atom. The number of nitrogens with zero attached hydrogens (tertiary/aromatic N) is 1. The fourth-order valence-electron chi connectivity index (χ4n) is 1.41. The van der Waals surface area contributed by atoms with Crippen LogP contribution in [0.2, 0.25) is 0 Å². The summed E-state index contributed by atoms with van der Waals surface area (Å²) in [6.07, 6.45) is 15.9. The lowest BCUT2D eigenvalue weighted by Gasteiger charge is -1.95. The second kappa shape index (κ2) is 11.7. The van der Waals surface area contributed by atoms with Crippen molar-refractivity contribution in [3.8, 4) is 6.07 Å². The van der Waals surface area contributed by atoms with Crippen LogP contribution in [0.25, 0.3) is 0 Å². The first-order chi connectivity index (χ1) is 8.72. The Kier molecular flexibility index (Phi) is 10.5. The van der Waals surface area contributed by atoms with Crippen LogP contribution in [-0.2, 0) is 4.79 Å². The van der Waals surface area contributed by atoms with Gasteiger partial charge in [-0.2, -0.15) is 5.26 Å². The summed E-state index contributed by atoms with van der Waals surface area (Å²) in [4.78, 5) is 10.5. The quantitative estimate of drug-likeness (QED) is 0.290. The lowest BCUT2D eigenvalue weighted by molar-refractivity contribution is -0.132. The molecule has 0 unspecified atom stereocenters. The number of nitriles is 1. The molecule has 0 amide bonds. The van der Waals surface area contributed by atoms with E-state index >= 15 is 0 Å². The first-order valence-electron chi connectivity index (χ1n) is 6.39. The van der Waals surface area contributed by atoms with E-state index in [0.717, 1.165) is 6.42 Å². The van der Waals surface area contributed by atoms with Crippen LogP contribution < -0.4 is 0 Å². The highest BCUT2D eigenvalue weighted by Gasteiger charge is 2.01. The number of rotatable bonds is 9. The van der Waals surface area contributed by atoms with E-state index in [0.29, 0.717) is 0 Å². The van der Waals surface area contributed by atoms with Crippen molar-refractivity contribution in [2.75, 3.05) is 0 Å². The molecule has 0 radical (unpaired) electrons. The molecular formula is C15H21NO2. The fraction of sp³-hybridized carbons (Fsp3) is 0.467. The minimum absolute atomic E-state index is 0.251. The van der Waals surface area contributed by atoms with Crippen LogP contribution in [0.4, 0.5) is 0 Å². The minimum atomic E-state index is -1.19. The summed E-state index contributed by atoms with van der Waals surface area (Å²) < 4.78 is 0. The van der Waals surface area contributed by atoms with E-state index in [9.17, 15) is 4.79 Å². The summed E-state index contributed by atoms with van der Waals surface area (Å²) in [7, 11) is 0. The van der Waals surface area contributed by atoms with Crippen molar-refractivity contribution in [3.05, 3.63) is 36.0 Å². The smallest absolute Gasteiger partial charge is 0.346 e. The SMILES string of the molecule is CCCCCCC/C=C/C=C/C=C(\C#N)C(=O)O. The van der Waals surface area contributed by atoms with Crippen molar-refractivity contribution < 1.29 is 9.90 Å². The van der Waals surface area contributed by atoms with E-state index in [1.54, 1.807) is 18.2 Å². The molecular weight excluding hydrogens is 226 g/mol. The predicted molar refractivity (Wildman–Crippen MR) is 73.0 cm³/mol. The molecule has 0 saturated carbocycles. The summed E-state index contributed by atoms with van der Waals surface area (Å²) in [5.74, 6) is -1.19. The maximum Gasteiger partial charge on any atom is 0.346 e. The molecule has 3 heteroatoms. The lowest BCUT2D eigenvalue weighted by Crippen LogP contribution is -1.96. The third-order valence-corrected chi connectivity index (χ3v) is 2.45. The largest absolute Gasteiger partial charge is 0.477 e. The third kappa shape index (κ3) is 9.41. The summed E-state index contributed by atoms with van der Waals surface area (Å²) in [6.45, 7) is 2.20. The predicted octanol–water partition coefficient (Wildman–Crippen LogP) is 3.99. The van der Waals surface area contributed by atoms with Gasteiger partial charge in [-0.15, -0.1) is 0 Å². The van der Waals surface area contributed by atoms with Crippen LogP contribution in [0.5, 0.6) is 0 Å². The van der Waals surface area contributed by atoms with Crippen LogP contribution in [0, 0.1) is 11.3 Å². The lowest BCUT2D eigenvalue weighted by atomic mass is 10.1. The van der Waals surface area contributed by atoms with Gasteiger partial charge in [-0.05, 0) is 18.9 Å². The van der Waals surface area contributed by atoms with Crippen molar-refractivity contribution in [1.82, 2.24) is 0 Å². The highest BCUT2D eigenvalue weighted by Crippen LogP contribution is 2.05. The van der Waals surface area contributed by atoms with Crippen molar-refractivity contribution in [2.45, 2.75) is 45.4 Å². The number of aliphatic carboxylic acids is 1. The molecule has 0 atom stereocenters. The Hall–Kier alpha value is -1.82. The Labute approximate surface area is 109 Å². The number of carboxylic acids is 1. The van der Waals surface area contributed by atoms with Crippen LogP contribution in [-0.4, -0.2) is 11.1 Å². The second-order valence-corrected chi connectivity index (χ2v) is 4.01. The Bertz CT molecular complexity index is 359. The summed E-state index contributed by atoms with van der Waals surface area (Å²) >= 11 is 0. The molecule has 1 N–H and O–H groups in total. The van der Waals surface area contributed by atoms with E-state index in [1.165, 1.54) is 38.2 Å². The fourth-order valence-corrected chi connectivity index (χ4v) is 1.41. The molecule has 0 spiro atoms. The third-order valence-electron chi connectivity index (χ3n) is 2.45. The maximum absolute atomic E-state index is 10.5.